The Balaban J connectivity index is 1.36. The van der Waals surface area contributed by atoms with E-state index in [-0.39, 0.29) is 17.4 Å². The van der Waals surface area contributed by atoms with Crippen LogP contribution in [0.5, 0.6) is 0 Å². The number of fused-ring (bicyclic) bond motifs is 1. The third kappa shape index (κ3) is 3.27. The zero-order valence-corrected chi connectivity index (χ0v) is 16.6. The Morgan fingerprint density at radius 2 is 2.00 bits per heavy atom. The monoisotopic (exact) mass is 417 g/mol. The van der Waals surface area contributed by atoms with E-state index in [2.05, 4.69) is 25.8 Å². The lowest BCUT2D eigenvalue weighted by molar-refractivity contribution is 0.102. The Labute approximate surface area is 177 Å². The molecule has 2 N–H and O–H groups in total. The first-order valence-electron chi connectivity index (χ1n) is 10.4. The highest BCUT2D eigenvalue weighted by molar-refractivity contribution is 6.02. The van der Waals surface area contributed by atoms with Crippen LogP contribution in [0.1, 0.15) is 46.4 Å². The molecule has 156 valence electrons. The largest absolute Gasteiger partial charge is 0.315 e. The SMILES string of the molecule is O=C(Nc1cc(C2CNC2)nn1-c1ccc(C2CC2)cc1F)c1ccn2nccc2n1. The second kappa shape index (κ2) is 6.98. The van der Waals surface area contributed by atoms with Gasteiger partial charge in [-0.1, -0.05) is 6.07 Å². The molecule has 0 atom stereocenters. The van der Waals surface area contributed by atoms with Gasteiger partial charge in [0, 0.05) is 37.3 Å². The average Bonchev–Trinajstić information content (AvgIpc) is 3.34. The number of hydrogen-bond acceptors (Lipinski definition) is 5. The van der Waals surface area contributed by atoms with Gasteiger partial charge in [-0.15, -0.1) is 0 Å². The number of benzene rings is 1. The normalized spacial score (nSPS) is 16.4. The number of carbonyl (C=O) groups excluding carboxylic acids is 1. The van der Waals surface area contributed by atoms with Gasteiger partial charge in [0.05, 0.1) is 11.9 Å². The van der Waals surface area contributed by atoms with E-state index >= 15 is 4.39 Å². The number of hydrogen-bond donors (Lipinski definition) is 2. The molecule has 0 spiro atoms. The Morgan fingerprint density at radius 3 is 2.74 bits per heavy atom. The minimum Gasteiger partial charge on any atom is -0.315 e. The van der Waals surface area contributed by atoms with Gasteiger partial charge in [0.25, 0.3) is 5.91 Å². The summed E-state index contributed by atoms with van der Waals surface area (Å²) in [5, 5.41) is 14.8. The lowest BCUT2D eigenvalue weighted by atomic mass is 10.00. The van der Waals surface area contributed by atoms with Crippen molar-refractivity contribution in [3.8, 4) is 5.69 Å². The summed E-state index contributed by atoms with van der Waals surface area (Å²) >= 11 is 0. The number of aromatic nitrogens is 5. The van der Waals surface area contributed by atoms with Gasteiger partial charge < -0.3 is 10.6 Å². The first kappa shape index (κ1) is 18.2. The quantitative estimate of drug-likeness (QED) is 0.521. The van der Waals surface area contributed by atoms with Crippen molar-refractivity contribution >= 4 is 17.4 Å². The van der Waals surface area contributed by atoms with E-state index in [1.165, 1.54) is 4.68 Å². The average molecular weight is 417 g/mol. The number of rotatable bonds is 5. The first-order chi connectivity index (χ1) is 15.2. The van der Waals surface area contributed by atoms with Gasteiger partial charge in [-0.25, -0.2) is 18.6 Å². The van der Waals surface area contributed by atoms with Crippen LogP contribution in [0.3, 0.4) is 0 Å². The number of nitrogens with zero attached hydrogens (tertiary/aromatic N) is 5. The molecule has 4 aromatic rings. The van der Waals surface area contributed by atoms with Crippen molar-refractivity contribution in [1.82, 2.24) is 29.7 Å². The molecule has 0 radical (unpaired) electrons. The minimum absolute atomic E-state index is 0.243. The van der Waals surface area contributed by atoms with Crippen LogP contribution >= 0.6 is 0 Å². The predicted octanol–water partition coefficient (Wildman–Crippen LogP) is 2.87. The molecular weight excluding hydrogens is 397 g/mol. The molecule has 31 heavy (non-hydrogen) atoms. The summed E-state index contributed by atoms with van der Waals surface area (Å²) in [5.74, 6) is 0.381. The van der Waals surface area contributed by atoms with Crippen LogP contribution in [0.4, 0.5) is 10.2 Å². The summed E-state index contributed by atoms with van der Waals surface area (Å²) in [4.78, 5) is 17.2. The molecule has 1 saturated heterocycles. The number of carbonyl (C=O) groups is 1. The summed E-state index contributed by atoms with van der Waals surface area (Å²) in [6, 6.07) is 10.4. The molecule has 1 saturated carbocycles. The molecule has 2 fully saturated rings. The topological polar surface area (TPSA) is 89.1 Å². The van der Waals surface area contributed by atoms with E-state index in [1.54, 1.807) is 41.2 Å². The maximum absolute atomic E-state index is 15.0. The van der Waals surface area contributed by atoms with Gasteiger partial charge in [-0.05, 0) is 42.5 Å². The van der Waals surface area contributed by atoms with Gasteiger partial charge in [-0.2, -0.15) is 10.2 Å². The van der Waals surface area contributed by atoms with Crippen LogP contribution in [0.25, 0.3) is 11.3 Å². The second-order valence-electron chi connectivity index (χ2n) is 8.11. The highest BCUT2D eigenvalue weighted by atomic mass is 19.1. The highest BCUT2D eigenvalue weighted by Gasteiger charge is 2.27. The van der Waals surface area contributed by atoms with Crippen molar-refractivity contribution in [3.63, 3.8) is 0 Å². The fourth-order valence-corrected chi connectivity index (χ4v) is 3.85. The standard InChI is InChI=1S/C22H20FN7O/c23-16-9-14(13-1-2-13)3-4-19(16)30-21(10-18(28-30)15-11-24-12-15)27-22(31)17-6-8-29-20(26-17)5-7-25-29/h3-10,13,15,24H,1-2,11-12H2,(H,27,31). The van der Waals surface area contributed by atoms with Crippen molar-refractivity contribution in [2.45, 2.75) is 24.7 Å². The molecule has 1 aromatic carbocycles. The van der Waals surface area contributed by atoms with Gasteiger partial charge in [0.2, 0.25) is 0 Å². The highest BCUT2D eigenvalue weighted by Crippen LogP contribution is 2.40. The van der Waals surface area contributed by atoms with E-state index in [0.717, 1.165) is 37.2 Å². The summed E-state index contributed by atoms with van der Waals surface area (Å²) in [6.45, 7) is 1.62. The van der Waals surface area contributed by atoms with Gasteiger partial charge in [0.15, 0.2) is 5.65 Å². The van der Waals surface area contributed by atoms with E-state index < -0.39 is 5.91 Å². The van der Waals surface area contributed by atoms with Crippen molar-refractivity contribution in [2.24, 2.45) is 0 Å². The summed E-state index contributed by atoms with van der Waals surface area (Å²) in [5.41, 5.74) is 2.97. The molecule has 0 unspecified atom stereocenters. The second-order valence-corrected chi connectivity index (χ2v) is 8.11. The lowest BCUT2D eigenvalue weighted by Gasteiger charge is -2.24. The third-order valence-corrected chi connectivity index (χ3v) is 5.91. The van der Waals surface area contributed by atoms with E-state index in [0.29, 0.717) is 23.1 Å². The zero-order chi connectivity index (χ0) is 20.9. The lowest BCUT2D eigenvalue weighted by Crippen LogP contribution is -2.40. The van der Waals surface area contributed by atoms with E-state index in [4.69, 9.17) is 0 Å². The Hall–Kier alpha value is -3.59. The summed E-state index contributed by atoms with van der Waals surface area (Å²) in [7, 11) is 0. The van der Waals surface area contributed by atoms with Gasteiger partial charge in [-0.3, -0.25) is 4.79 Å². The molecule has 1 amide bonds. The first-order valence-corrected chi connectivity index (χ1v) is 10.4. The van der Waals surface area contributed by atoms with Crippen LogP contribution in [0.2, 0.25) is 0 Å². The molecule has 1 aliphatic heterocycles. The van der Waals surface area contributed by atoms with Crippen LogP contribution in [0.15, 0.2) is 48.8 Å². The summed E-state index contributed by atoms with van der Waals surface area (Å²) in [6.07, 6.45) is 5.51. The van der Waals surface area contributed by atoms with Crippen LogP contribution in [-0.4, -0.2) is 43.4 Å². The van der Waals surface area contributed by atoms with E-state index in [9.17, 15) is 4.79 Å². The summed E-state index contributed by atoms with van der Waals surface area (Å²) < 4.78 is 18.1. The molecule has 2 aliphatic rings. The fourth-order valence-electron chi connectivity index (χ4n) is 3.85. The van der Waals surface area contributed by atoms with Crippen molar-refractivity contribution in [1.29, 1.82) is 0 Å². The van der Waals surface area contributed by atoms with Gasteiger partial charge in [0.1, 0.15) is 23.0 Å². The van der Waals surface area contributed by atoms with Crippen molar-refractivity contribution < 1.29 is 9.18 Å². The Bertz CT molecular complexity index is 1300. The number of amides is 1. The molecule has 8 nitrogen and oxygen atoms in total. The number of halogens is 1. The minimum atomic E-state index is -0.391. The van der Waals surface area contributed by atoms with Crippen LogP contribution in [-0.2, 0) is 0 Å². The molecule has 0 bridgehead atoms. The molecule has 6 rings (SSSR count). The number of nitrogens with one attached hydrogen (secondary N) is 2. The third-order valence-electron chi connectivity index (χ3n) is 5.91. The molecule has 3 aromatic heterocycles. The molecule has 1 aliphatic carbocycles. The molecular formula is C22H20FN7O. The maximum atomic E-state index is 15.0. The Kier molecular flexibility index (Phi) is 4.10. The Morgan fingerprint density at radius 1 is 1.13 bits per heavy atom. The smallest absolute Gasteiger partial charge is 0.275 e. The van der Waals surface area contributed by atoms with E-state index in [1.807, 2.05) is 12.1 Å². The van der Waals surface area contributed by atoms with Crippen molar-refractivity contribution in [3.05, 3.63) is 71.6 Å². The van der Waals surface area contributed by atoms with Gasteiger partial charge >= 0.3 is 0 Å². The predicted molar refractivity (Wildman–Crippen MR) is 112 cm³/mol. The maximum Gasteiger partial charge on any atom is 0.275 e. The van der Waals surface area contributed by atoms with Crippen LogP contribution < -0.4 is 10.6 Å². The van der Waals surface area contributed by atoms with Crippen LogP contribution in [0, 0.1) is 5.82 Å². The molecule has 4 heterocycles. The molecule has 9 heteroatoms. The zero-order valence-electron chi connectivity index (χ0n) is 16.6. The number of anilines is 1. The fraction of sp³-hybridized carbons (Fsp3) is 0.273. The van der Waals surface area contributed by atoms with Crippen molar-refractivity contribution in [2.75, 3.05) is 18.4 Å².